The highest BCUT2D eigenvalue weighted by atomic mass is 32.1. The summed E-state index contributed by atoms with van der Waals surface area (Å²) in [4.78, 5) is 37.3. The zero-order valence-corrected chi connectivity index (χ0v) is 19.5. The first kappa shape index (κ1) is 21.7. The lowest BCUT2D eigenvalue weighted by molar-refractivity contribution is -0.131. The Balaban J connectivity index is 1.70. The summed E-state index contributed by atoms with van der Waals surface area (Å²) >= 11 is 1.66. The summed E-state index contributed by atoms with van der Waals surface area (Å²) in [6, 6.07) is 9.89. The minimum Gasteiger partial charge on any atom is -0.340 e. The van der Waals surface area contributed by atoms with Crippen molar-refractivity contribution < 1.29 is 4.79 Å². The molecular formula is C24H30N4O2S. The van der Waals surface area contributed by atoms with Crippen LogP contribution in [0.15, 0.2) is 35.1 Å². The van der Waals surface area contributed by atoms with Gasteiger partial charge in [-0.1, -0.05) is 37.3 Å². The lowest BCUT2D eigenvalue weighted by Crippen LogP contribution is -2.36. The summed E-state index contributed by atoms with van der Waals surface area (Å²) in [5.41, 5.74) is 2.15. The number of carbonyl (C=O) groups is 1. The van der Waals surface area contributed by atoms with E-state index >= 15 is 0 Å². The largest absolute Gasteiger partial charge is 0.340 e. The molecule has 1 amide bonds. The molecule has 1 unspecified atom stereocenters. The first-order chi connectivity index (χ1) is 14.8. The maximum absolute atomic E-state index is 13.6. The second-order valence-corrected chi connectivity index (χ2v) is 10.0. The van der Waals surface area contributed by atoms with E-state index in [0.717, 1.165) is 40.6 Å². The highest BCUT2D eigenvalue weighted by molar-refractivity contribution is 7.18. The second-order valence-electron chi connectivity index (χ2n) is 8.92. The van der Waals surface area contributed by atoms with Gasteiger partial charge in [0.1, 0.15) is 17.2 Å². The van der Waals surface area contributed by atoms with E-state index in [9.17, 15) is 9.59 Å². The minimum atomic E-state index is -0.0928. The number of amides is 1. The number of aromatic nitrogens is 2. The third-order valence-corrected chi connectivity index (χ3v) is 7.08. The fourth-order valence-corrected chi connectivity index (χ4v) is 5.63. The zero-order valence-electron chi connectivity index (χ0n) is 18.7. The molecule has 2 aromatic heterocycles. The number of aryl methyl sites for hydroxylation is 1. The van der Waals surface area contributed by atoms with Crippen LogP contribution in [-0.4, -0.2) is 46.4 Å². The topological polar surface area (TPSA) is 58.4 Å². The van der Waals surface area contributed by atoms with E-state index in [1.165, 1.54) is 4.88 Å². The molecule has 4 rings (SSSR count). The van der Waals surface area contributed by atoms with Crippen LogP contribution in [0.3, 0.4) is 0 Å². The molecule has 0 radical (unpaired) electrons. The number of benzene rings is 1. The van der Waals surface area contributed by atoms with Crippen molar-refractivity contribution in [3.8, 4) is 0 Å². The van der Waals surface area contributed by atoms with Gasteiger partial charge in [-0.2, -0.15) is 0 Å². The van der Waals surface area contributed by atoms with Gasteiger partial charge in [-0.25, -0.2) is 4.98 Å². The molecule has 0 saturated carbocycles. The van der Waals surface area contributed by atoms with Gasteiger partial charge < -0.3 is 9.80 Å². The molecule has 1 aliphatic rings. The predicted octanol–water partition coefficient (Wildman–Crippen LogP) is 3.30. The molecule has 0 spiro atoms. The number of nitrogens with zero attached hydrogens (tertiary/aromatic N) is 4. The molecule has 0 N–H and O–H groups in total. The van der Waals surface area contributed by atoms with E-state index < -0.39 is 0 Å². The van der Waals surface area contributed by atoms with Crippen molar-refractivity contribution in [1.82, 2.24) is 19.4 Å². The van der Waals surface area contributed by atoms with Crippen LogP contribution in [0.4, 0.5) is 0 Å². The molecule has 0 bridgehead atoms. The standard InChI is InChI=1S/C24H30N4O2S/c1-16-10-11-18-19(12-16)31-23-22(18)24(30)28(20(25-23)14-26(2)3)15-21(29)27(4)13-17-8-6-5-7-9-17/h5-9,16H,10-15H2,1-4H3. The van der Waals surface area contributed by atoms with E-state index in [1.54, 1.807) is 27.9 Å². The third kappa shape index (κ3) is 4.57. The molecule has 7 heteroatoms. The number of likely N-dealkylation sites (N-methyl/N-ethyl adjacent to an activating group) is 1. The summed E-state index contributed by atoms with van der Waals surface area (Å²) in [7, 11) is 5.68. The van der Waals surface area contributed by atoms with E-state index in [0.29, 0.717) is 24.8 Å². The van der Waals surface area contributed by atoms with Crippen molar-refractivity contribution >= 4 is 27.5 Å². The van der Waals surface area contributed by atoms with Gasteiger partial charge in [-0.15, -0.1) is 11.3 Å². The summed E-state index contributed by atoms with van der Waals surface area (Å²) < 4.78 is 1.59. The number of thiophene rings is 1. The van der Waals surface area contributed by atoms with Crippen LogP contribution < -0.4 is 5.56 Å². The van der Waals surface area contributed by atoms with Crippen LogP contribution in [0.2, 0.25) is 0 Å². The summed E-state index contributed by atoms with van der Waals surface area (Å²) in [5.74, 6) is 1.19. The molecule has 1 aromatic carbocycles. The van der Waals surface area contributed by atoms with E-state index in [-0.39, 0.29) is 18.0 Å². The van der Waals surface area contributed by atoms with Crippen LogP contribution in [0.25, 0.3) is 10.2 Å². The van der Waals surface area contributed by atoms with Crippen molar-refractivity contribution in [3.63, 3.8) is 0 Å². The van der Waals surface area contributed by atoms with Crippen LogP contribution in [0.5, 0.6) is 0 Å². The van der Waals surface area contributed by atoms with E-state index in [4.69, 9.17) is 4.98 Å². The first-order valence-electron chi connectivity index (χ1n) is 10.8. The zero-order chi connectivity index (χ0) is 22.1. The van der Waals surface area contributed by atoms with Crippen LogP contribution >= 0.6 is 11.3 Å². The Labute approximate surface area is 187 Å². The molecule has 1 atom stereocenters. The van der Waals surface area contributed by atoms with Crippen molar-refractivity contribution in [2.45, 2.75) is 45.8 Å². The van der Waals surface area contributed by atoms with Gasteiger partial charge in [0.2, 0.25) is 5.91 Å². The smallest absolute Gasteiger partial charge is 0.263 e. The fraction of sp³-hybridized carbons (Fsp3) is 0.458. The van der Waals surface area contributed by atoms with Crippen molar-refractivity contribution in [2.75, 3.05) is 21.1 Å². The maximum Gasteiger partial charge on any atom is 0.263 e. The van der Waals surface area contributed by atoms with E-state index in [1.807, 2.05) is 49.3 Å². The van der Waals surface area contributed by atoms with Gasteiger partial charge in [0, 0.05) is 18.5 Å². The molecule has 3 aromatic rings. The Morgan fingerprint density at radius 2 is 1.94 bits per heavy atom. The third-order valence-electron chi connectivity index (χ3n) is 5.93. The van der Waals surface area contributed by atoms with Crippen molar-refractivity contribution in [1.29, 1.82) is 0 Å². The van der Waals surface area contributed by atoms with Gasteiger partial charge in [-0.05, 0) is 50.4 Å². The summed E-state index contributed by atoms with van der Waals surface area (Å²) in [5, 5.41) is 0.730. The monoisotopic (exact) mass is 438 g/mol. The van der Waals surface area contributed by atoms with Crippen LogP contribution in [0, 0.1) is 5.92 Å². The molecule has 0 fully saturated rings. The Hall–Kier alpha value is -2.51. The Bertz CT molecular complexity index is 1150. The van der Waals surface area contributed by atoms with Crippen LogP contribution in [0.1, 0.15) is 35.2 Å². The molecule has 1 aliphatic carbocycles. The van der Waals surface area contributed by atoms with Gasteiger partial charge in [0.15, 0.2) is 0 Å². The molecule has 2 heterocycles. The Morgan fingerprint density at radius 3 is 2.65 bits per heavy atom. The molecule has 6 nitrogen and oxygen atoms in total. The normalized spacial score (nSPS) is 16.0. The second kappa shape index (κ2) is 8.93. The predicted molar refractivity (Wildman–Crippen MR) is 125 cm³/mol. The SMILES string of the molecule is CC1CCc2c(sc3nc(CN(C)C)n(CC(=O)N(C)Cc4ccccc4)c(=O)c23)C1. The van der Waals surface area contributed by atoms with Gasteiger partial charge in [0.05, 0.1) is 11.9 Å². The van der Waals surface area contributed by atoms with Gasteiger partial charge in [0.25, 0.3) is 5.56 Å². The summed E-state index contributed by atoms with van der Waals surface area (Å²) in [6.07, 6.45) is 3.02. The molecule has 31 heavy (non-hydrogen) atoms. The number of hydrogen-bond acceptors (Lipinski definition) is 5. The van der Waals surface area contributed by atoms with E-state index in [2.05, 4.69) is 6.92 Å². The highest BCUT2D eigenvalue weighted by Gasteiger charge is 2.25. The lowest BCUT2D eigenvalue weighted by atomic mass is 9.89. The lowest BCUT2D eigenvalue weighted by Gasteiger charge is -2.21. The van der Waals surface area contributed by atoms with Crippen molar-refractivity contribution in [3.05, 3.63) is 62.5 Å². The molecule has 164 valence electrons. The fourth-order valence-electron chi connectivity index (χ4n) is 4.23. The summed E-state index contributed by atoms with van der Waals surface area (Å²) in [6.45, 7) is 3.30. The number of hydrogen-bond donors (Lipinski definition) is 0. The Kier molecular flexibility index (Phi) is 6.25. The average Bonchev–Trinajstić information content (AvgIpc) is 3.08. The average molecular weight is 439 g/mol. The highest BCUT2D eigenvalue weighted by Crippen LogP contribution is 2.35. The van der Waals surface area contributed by atoms with Crippen LogP contribution in [-0.2, 0) is 37.3 Å². The number of rotatable bonds is 6. The first-order valence-corrected chi connectivity index (χ1v) is 11.6. The minimum absolute atomic E-state index is 0.00923. The number of carbonyl (C=O) groups excluding carboxylic acids is 1. The number of fused-ring (bicyclic) bond motifs is 3. The van der Waals surface area contributed by atoms with Gasteiger partial charge in [-0.3, -0.25) is 14.2 Å². The Morgan fingerprint density at radius 1 is 1.19 bits per heavy atom. The molecule has 0 aliphatic heterocycles. The quantitative estimate of drug-likeness (QED) is 0.593. The maximum atomic E-state index is 13.6. The van der Waals surface area contributed by atoms with Crippen molar-refractivity contribution in [2.24, 2.45) is 5.92 Å². The molecule has 0 saturated heterocycles. The van der Waals surface area contributed by atoms with Gasteiger partial charge >= 0.3 is 0 Å². The molecular weight excluding hydrogens is 408 g/mol.